The molecule has 3 nitrogen and oxygen atoms in total. The van der Waals surface area contributed by atoms with E-state index in [4.69, 9.17) is 10.5 Å². The summed E-state index contributed by atoms with van der Waals surface area (Å²) in [7, 11) is 1.46. The molecule has 1 fully saturated rings. The third-order valence-electron chi connectivity index (χ3n) is 3.72. The zero-order valence-corrected chi connectivity index (χ0v) is 10.9. The summed E-state index contributed by atoms with van der Waals surface area (Å²) in [6, 6.07) is 5.02. The Hall–Kier alpha value is -1.13. The first-order valence-electron chi connectivity index (χ1n) is 6.42. The minimum absolute atomic E-state index is 0.0122. The molecule has 0 bridgehead atoms. The molecule has 1 aliphatic carbocycles. The predicted molar refractivity (Wildman–Crippen MR) is 70.0 cm³/mol. The topological polar surface area (TPSA) is 47.3 Å². The minimum atomic E-state index is -0.338. The van der Waals surface area contributed by atoms with Crippen molar-refractivity contribution in [1.29, 1.82) is 0 Å². The lowest BCUT2D eigenvalue weighted by Gasteiger charge is -2.18. The number of benzene rings is 1. The molecule has 0 radical (unpaired) electrons. The van der Waals surface area contributed by atoms with Crippen LogP contribution in [0.15, 0.2) is 18.2 Å². The maximum Gasteiger partial charge on any atom is 0.165 e. The maximum absolute atomic E-state index is 13.6. The second-order valence-electron chi connectivity index (χ2n) is 5.06. The zero-order valence-electron chi connectivity index (χ0n) is 10.9. The van der Waals surface area contributed by atoms with E-state index < -0.39 is 0 Å². The summed E-state index contributed by atoms with van der Waals surface area (Å²) in [5.74, 6) is 1.49. The molecular formula is C14H21FN2O. The Morgan fingerprint density at radius 3 is 2.78 bits per heavy atom. The Morgan fingerprint density at radius 1 is 1.56 bits per heavy atom. The van der Waals surface area contributed by atoms with Crippen molar-refractivity contribution in [3.05, 3.63) is 29.6 Å². The van der Waals surface area contributed by atoms with Crippen LogP contribution in [0.1, 0.15) is 24.9 Å². The summed E-state index contributed by atoms with van der Waals surface area (Å²) in [4.78, 5) is 0. The molecule has 3 atom stereocenters. The van der Waals surface area contributed by atoms with Crippen LogP contribution in [0.4, 0.5) is 4.39 Å². The summed E-state index contributed by atoms with van der Waals surface area (Å²) in [5, 5.41) is 3.41. The van der Waals surface area contributed by atoms with E-state index in [0.29, 0.717) is 6.54 Å². The molecule has 0 aliphatic heterocycles. The molecule has 0 heterocycles. The molecule has 1 aromatic rings. The highest BCUT2D eigenvalue weighted by Crippen LogP contribution is 2.37. The normalized spacial score (nSPS) is 23.8. The van der Waals surface area contributed by atoms with Crippen LogP contribution < -0.4 is 15.8 Å². The molecule has 2 rings (SSSR count). The number of halogens is 1. The number of hydrogen-bond acceptors (Lipinski definition) is 3. The van der Waals surface area contributed by atoms with Crippen molar-refractivity contribution < 1.29 is 9.13 Å². The highest BCUT2D eigenvalue weighted by molar-refractivity contribution is 5.31. The second-order valence-corrected chi connectivity index (χ2v) is 5.06. The first kappa shape index (κ1) is 13.3. The van der Waals surface area contributed by atoms with E-state index >= 15 is 0 Å². The number of nitrogens with one attached hydrogen (secondary N) is 1. The molecule has 0 amide bonds. The van der Waals surface area contributed by atoms with Crippen molar-refractivity contribution in [2.24, 2.45) is 17.6 Å². The number of methoxy groups -OCH3 is 1. The molecule has 0 spiro atoms. The largest absolute Gasteiger partial charge is 0.494 e. The second kappa shape index (κ2) is 5.67. The fourth-order valence-electron chi connectivity index (χ4n) is 2.21. The van der Waals surface area contributed by atoms with Crippen LogP contribution in [-0.4, -0.2) is 20.2 Å². The average molecular weight is 252 g/mol. The van der Waals surface area contributed by atoms with Gasteiger partial charge in [0.15, 0.2) is 11.6 Å². The van der Waals surface area contributed by atoms with Gasteiger partial charge in [0.2, 0.25) is 0 Å². The Balaban J connectivity index is 2.00. The van der Waals surface area contributed by atoms with Crippen LogP contribution in [0, 0.1) is 17.7 Å². The molecule has 3 unspecified atom stereocenters. The van der Waals surface area contributed by atoms with E-state index in [9.17, 15) is 4.39 Å². The van der Waals surface area contributed by atoms with E-state index in [-0.39, 0.29) is 17.6 Å². The smallest absolute Gasteiger partial charge is 0.165 e. The van der Waals surface area contributed by atoms with E-state index in [1.165, 1.54) is 19.6 Å². The molecule has 3 N–H and O–H groups in total. The monoisotopic (exact) mass is 252 g/mol. The molecule has 1 aromatic carbocycles. The third-order valence-corrected chi connectivity index (χ3v) is 3.72. The predicted octanol–water partition coefficient (Wildman–Crippen LogP) is 2.08. The van der Waals surface area contributed by atoms with Crippen molar-refractivity contribution in [2.75, 3.05) is 20.2 Å². The van der Waals surface area contributed by atoms with Crippen LogP contribution >= 0.6 is 0 Å². The van der Waals surface area contributed by atoms with E-state index in [2.05, 4.69) is 12.2 Å². The molecule has 4 heteroatoms. The van der Waals surface area contributed by atoms with Gasteiger partial charge in [-0.05, 0) is 42.5 Å². The van der Waals surface area contributed by atoms with Gasteiger partial charge < -0.3 is 15.8 Å². The molecule has 1 saturated carbocycles. The molecule has 100 valence electrons. The summed E-state index contributed by atoms with van der Waals surface area (Å²) < 4.78 is 18.5. The van der Waals surface area contributed by atoms with Gasteiger partial charge in [-0.2, -0.15) is 0 Å². The van der Waals surface area contributed by atoms with Crippen LogP contribution in [-0.2, 0) is 0 Å². The fourth-order valence-corrected chi connectivity index (χ4v) is 2.21. The van der Waals surface area contributed by atoms with Crippen molar-refractivity contribution in [3.8, 4) is 5.75 Å². The molecular weight excluding hydrogens is 231 g/mol. The van der Waals surface area contributed by atoms with Crippen LogP contribution in [0.5, 0.6) is 5.75 Å². The van der Waals surface area contributed by atoms with Crippen molar-refractivity contribution in [3.63, 3.8) is 0 Å². The van der Waals surface area contributed by atoms with Gasteiger partial charge in [0.25, 0.3) is 0 Å². The summed E-state index contributed by atoms with van der Waals surface area (Å²) in [6.45, 7) is 3.67. The van der Waals surface area contributed by atoms with Gasteiger partial charge in [-0.3, -0.25) is 0 Å². The number of hydrogen-bond donors (Lipinski definition) is 2. The number of rotatable bonds is 6. The highest BCUT2D eigenvalue weighted by Gasteiger charge is 2.32. The standard InChI is InChI=1S/C14H21FN2O/c1-9-5-11(9)8-17-13(7-16)10-3-4-14(18-2)12(15)6-10/h3-4,6,9,11,13,17H,5,7-8,16H2,1-2H3. The molecule has 18 heavy (non-hydrogen) atoms. The fraction of sp³-hybridized carbons (Fsp3) is 0.571. The Bertz CT molecular complexity index is 411. The lowest BCUT2D eigenvalue weighted by Crippen LogP contribution is -2.30. The summed E-state index contributed by atoms with van der Waals surface area (Å²) in [6.07, 6.45) is 1.28. The zero-order chi connectivity index (χ0) is 13.1. The van der Waals surface area contributed by atoms with Gasteiger partial charge in [0.1, 0.15) is 0 Å². The van der Waals surface area contributed by atoms with Gasteiger partial charge in [0.05, 0.1) is 7.11 Å². The quantitative estimate of drug-likeness (QED) is 0.815. The Labute approximate surface area is 108 Å². The van der Waals surface area contributed by atoms with Gasteiger partial charge in [-0.1, -0.05) is 13.0 Å². The van der Waals surface area contributed by atoms with Gasteiger partial charge >= 0.3 is 0 Å². The van der Waals surface area contributed by atoms with E-state index in [1.807, 2.05) is 6.07 Å². The van der Waals surface area contributed by atoms with E-state index in [1.54, 1.807) is 6.07 Å². The average Bonchev–Trinajstić information content (AvgIpc) is 3.06. The third kappa shape index (κ3) is 3.00. The minimum Gasteiger partial charge on any atom is -0.494 e. The maximum atomic E-state index is 13.6. The van der Waals surface area contributed by atoms with Crippen LogP contribution in [0.25, 0.3) is 0 Å². The van der Waals surface area contributed by atoms with Crippen LogP contribution in [0.2, 0.25) is 0 Å². The van der Waals surface area contributed by atoms with Crippen molar-refractivity contribution >= 4 is 0 Å². The SMILES string of the molecule is COc1ccc(C(CN)NCC2CC2C)cc1F. The Kier molecular flexibility index (Phi) is 4.19. The lowest BCUT2D eigenvalue weighted by atomic mass is 10.1. The molecule has 1 aliphatic rings. The Morgan fingerprint density at radius 2 is 2.28 bits per heavy atom. The van der Waals surface area contributed by atoms with Crippen molar-refractivity contribution in [1.82, 2.24) is 5.32 Å². The molecule has 0 saturated heterocycles. The highest BCUT2D eigenvalue weighted by atomic mass is 19.1. The first-order chi connectivity index (χ1) is 8.65. The first-order valence-corrected chi connectivity index (χ1v) is 6.42. The summed E-state index contributed by atoms with van der Waals surface area (Å²) in [5.41, 5.74) is 6.63. The van der Waals surface area contributed by atoms with Gasteiger partial charge in [-0.25, -0.2) is 4.39 Å². The number of nitrogens with two attached hydrogens (primary N) is 1. The summed E-state index contributed by atoms with van der Waals surface area (Å²) >= 11 is 0. The van der Waals surface area contributed by atoms with Crippen LogP contribution in [0.3, 0.4) is 0 Å². The van der Waals surface area contributed by atoms with Crippen molar-refractivity contribution in [2.45, 2.75) is 19.4 Å². The van der Waals surface area contributed by atoms with Gasteiger partial charge in [0, 0.05) is 12.6 Å². The lowest BCUT2D eigenvalue weighted by molar-refractivity contribution is 0.385. The van der Waals surface area contributed by atoms with Gasteiger partial charge in [-0.15, -0.1) is 0 Å². The van der Waals surface area contributed by atoms with E-state index in [0.717, 1.165) is 23.9 Å². The number of ether oxygens (including phenoxy) is 1. The molecule has 0 aromatic heterocycles.